The molecule has 0 heterocycles. The van der Waals surface area contributed by atoms with Gasteiger partial charge in [-0.2, -0.15) is 0 Å². The average Bonchev–Trinajstić information content (AvgIpc) is 2.93. The van der Waals surface area contributed by atoms with Crippen LogP contribution < -0.4 is 15.7 Å². The summed E-state index contributed by atoms with van der Waals surface area (Å²) in [6, 6.07) is 26.7. The van der Waals surface area contributed by atoms with Gasteiger partial charge in [-0.05, 0) is 0 Å². The Morgan fingerprint density at radius 2 is 1.61 bits per heavy atom. The van der Waals surface area contributed by atoms with Crippen molar-refractivity contribution in [2.45, 2.75) is 20.3 Å². The molecule has 0 aliphatic heterocycles. The van der Waals surface area contributed by atoms with Crippen molar-refractivity contribution in [3.63, 3.8) is 0 Å². The van der Waals surface area contributed by atoms with Gasteiger partial charge in [0.05, 0.1) is 0 Å². The van der Waals surface area contributed by atoms with Crippen molar-refractivity contribution in [1.29, 1.82) is 0 Å². The van der Waals surface area contributed by atoms with E-state index in [0.29, 0.717) is 5.92 Å². The molecule has 1 atom stereocenters. The van der Waals surface area contributed by atoms with Gasteiger partial charge in [0, 0.05) is 0 Å². The zero-order chi connectivity index (χ0) is 26.4. The summed E-state index contributed by atoms with van der Waals surface area (Å²) in [5.74, 6) is 0.370. The Hall–Kier alpha value is -3.51. The van der Waals surface area contributed by atoms with Crippen LogP contribution in [0.1, 0.15) is 30.5 Å². The fourth-order valence-corrected chi connectivity index (χ4v) is 7.22. The molecule has 2 aliphatic rings. The van der Waals surface area contributed by atoms with Gasteiger partial charge in [-0.1, -0.05) is 0 Å². The van der Waals surface area contributed by atoms with Crippen molar-refractivity contribution < 1.29 is 4.89 Å². The molecule has 4 aromatic carbocycles. The first-order chi connectivity index (χ1) is 18.4. The molecule has 38 heavy (non-hydrogen) atoms. The molecule has 0 spiro atoms. The topological polar surface area (TPSA) is 20.2 Å². The number of fused-ring (bicyclic) bond motifs is 3. The Balaban J connectivity index is 1.74. The summed E-state index contributed by atoms with van der Waals surface area (Å²) in [5.41, 5.74) is 8.96. The second kappa shape index (κ2) is 9.66. The molecular weight excluding hydrogens is 479 g/mol. The van der Waals surface area contributed by atoms with Crippen molar-refractivity contribution >= 4 is 41.3 Å². The van der Waals surface area contributed by atoms with Crippen LogP contribution in [-0.2, 0) is 6.42 Å². The first-order valence-electron chi connectivity index (χ1n) is 13.6. The third-order valence-electron chi connectivity index (χ3n) is 8.08. The summed E-state index contributed by atoms with van der Waals surface area (Å²) in [7, 11) is -2.62. The van der Waals surface area contributed by atoms with Gasteiger partial charge in [-0.15, -0.1) is 0 Å². The molecule has 0 amide bonds. The number of rotatable bonds is 3. The molecule has 0 saturated carbocycles. The molecule has 0 bridgehead atoms. The quantitative estimate of drug-likeness (QED) is 0.300. The van der Waals surface area contributed by atoms with Crippen molar-refractivity contribution in [2.75, 3.05) is 13.3 Å². The van der Waals surface area contributed by atoms with Crippen molar-refractivity contribution in [1.82, 2.24) is 0 Å². The first-order valence-corrected chi connectivity index (χ1v) is 16.5. The summed E-state index contributed by atoms with van der Waals surface area (Å²) in [4.78, 5) is 11.4. The zero-order valence-corrected chi connectivity index (χ0v) is 23.6. The normalized spacial score (nSPS) is 18.2. The Morgan fingerprint density at radius 3 is 2.39 bits per heavy atom. The molecule has 0 saturated heterocycles. The Labute approximate surface area is 226 Å². The standard InChI is InChI=1S/C36H35OP/c1-5-24-19-25-13-7-10-16-32(25)35(31(24)6-2)28-21-29(23-30(22-28)38(3,4)37)36-33-17-11-8-14-26(33)20-27-15-9-12-18-34(27)36/h5-19,21-23,26,37-38H,20H2,1-4H3/b24-5-,31-6+. The van der Waals surface area contributed by atoms with E-state index >= 15 is 0 Å². The molecule has 0 radical (unpaired) electrons. The van der Waals surface area contributed by atoms with Gasteiger partial charge < -0.3 is 0 Å². The molecule has 6 rings (SSSR count). The van der Waals surface area contributed by atoms with E-state index < -0.39 is 7.49 Å². The number of hydrogen-bond acceptors (Lipinski definition) is 1. The van der Waals surface area contributed by atoms with Crippen LogP contribution in [0.2, 0.25) is 0 Å². The fraction of sp³-hybridized carbons (Fsp3) is 0.167. The molecule has 2 heteroatoms. The summed E-state index contributed by atoms with van der Waals surface area (Å²) in [6.45, 7) is 8.29. The van der Waals surface area contributed by atoms with E-state index in [2.05, 4.69) is 123 Å². The number of allylic oxidation sites excluding steroid dienone is 5. The monoisotopic (exact) mass is 514 g/mol. The van der Waals surface area contributed by atoms with Gasteiger partial charge in [-0.25, -0.2) is 0 Å². The van der Waals surface area contributed by atoms with Crippen molar-refractivity contribution in [3.05, 3.63) is 130 Å². The van der Waals surface area contributed by atoms with Crippen LogP contribution in [0.4, 0.5) is 0 Å². The van der Waals surface area contributed by atoms with Crippen molar-refractivity contribution in [3.8, 4) is 11.1 Å². The molecule has 0 fully saturated rings. The van der Waals surface area contributed by atoms with E-state index in [-0.39, 0.29) is 0 Å². The first kappa shape index (κ1) is 24.8. The van der Waals surface area contributed by atoms with E-state index in [1.807, 2.05) is 13.3 Å². The molecule has 190 valence electrons. The predicted octanol–water partition coefficient (Wildman–Crippen LogP) is 6.75. The summed E-state index contributed by atoms with van der Waals surface area (Å²) >= 11 is 0. The number of hydrogen-bond donors (Lipinski definition) is 1. The maximum atomic E-state index is 11.4. The Morgan fingerprint density at radius 1 is 0.842 bits per heavy atom. The van der Waals surface area contributed by atoms with E-state index in [1.54, 1.807) is 0 Å². The fourth-order valence-electron chi connectivity index (χ4n) is 6.20. The molecule has 1 unspecified atom stereocenters. The summed E-state index contributed by atoms with van der Waals surface area (Å²) in [5, 5.41) is 6.02. The second-order valence-corrected chi connectivity index (χ2v) is 14.6. The van der Waals surface area contributed by atoms with Crippen LogP contribution in [0.25, 0.3) is 39.6 Å². The molecule has 0 aromatic heterocycles. The van der Waals surface area contributed by atoms with E-state index in [4.69, 9.17) is 0 Å². The molecule has 4 aromatic rings. The van der Waals surface area contributed by atoms with Crippen LogP contribution in [0.3, 0.4) is 0 Å². The summed E-state index contributed by atoms with van der Waals surface area (Å²) in [6.07, 6.45) is 14.4. The third kappa shape index (κ3) is 4.21. The van der Waals surface area contributed by atoms with Crippen molar-refractivity contribution in [2.24, 2.45) is 5.92 Å². The number of benzene rings is 4. The van der Waals surface area contributed by atoms with E-state index in [9.17, 15) is 4.89 Å². The summed E-state index contributed by atoms with van der Waals surface area (Å²) < 4.78 is 0. The molecular formula is C36H35OP. The van der Waals surface area contributed by atoms with Gasteiger partial charge >= 0.3 is 227 Å². The van der Waals surface area contributed by atoms with Gasteiger partial charge in [0.2, 0.25) is 0 Å². The SMILES string of the molecule is C/C=c1/cc2ccccc2c(-c2cc(C3=C4C=CC=CC4Cc4ccccc43)cc([PH](C)(C)O)c2)/c1=C/C. The minimum atomic E-state index is -2.62. The molecule has 1 nitrogen and oxygen atoms in total. The Bertz CT molecular complexity index is 1790. The minimum absolute atomic E-state index is 0.370. The molecule has 1 N–H and O–H groups in total. The van der Waals surface area contributed by atoms with E-state index in [1.165, 1.54) is 60.2 Å². The van der Waals surface area contributed by atoms with Gasteiger partial charge in [0.15, 0.2) is 0 Å². The van der Waals surface area contributed by atoms with Crippen LogP contribution in [-0.4, -0.2) is 18.2 Å². The average molecular weight is 515 g/mol. The maximum absolute atomic E-state index is 11.4. The van der Waals surface area contributed by atoms with Crippen LogP contribution in [0.5, 0.6) is 0 Å². The zero-order valence-electron chi connectivity index (χ0n) is 22.6. The predicted molar refractivity (Wildman–Crippen MR) is 169 cm³/mol. The van der Waals surface area contributed by atoms with Gasteiger partial charge in [0.1, 0.15) is 0 Å². The third-order valence-corrected chi connectivity index (χ3v) is 9.78. The van der Waals surface area contributed by atoms with E-state index in [0.717, 1.165) is 11.7 Å². The second-order valence-electron chi connectivity index (χ2n) is 11.0. The van der Waals surface area contributed by atoms with Crippen LogP contribution >= 0.6 is 7.49 Å². The van der Waals surface area contributed by atoms with Crippen LogP contribution in [0.15, 0.2) is 103 Å². The van der Waals surface area contributed by atoms with Gasteiger partial charge in [-0.3, -0.25) is 0 Å². The molecule has 2 aliphatic carbocycles. The van der Waals surface area contributed by atoms with Gasteiger partial charge in [0.25, 0.3) is 0 Å². The van der Waals surface area contributed by atoms with Crippen LogP contribution in [0, 0.1) is 5.92 Å². The Kier molecular flexibility index (Phi) is 6.31.